The highest BCUT2D eigenvalue weighted by Crippen LogP contribution is 2.69. The summed E-state index contributed by atoms with van der Waals surface area (Å²) in [5, 5.41) is 22.5. The van der Waals surface area contributed by atoms with E-state index in [4.69, 9.17) is 4.74 Å². The van der Waals surface area contributed by atoms with Gasteiger partial charge in [-0.15, -0.1) is 11.8 Å². The average Bonchev–Trinajstić information content (AvgIpc) is 3.74. The van der Waals surface area contributed by atoms with Gasteiger partial charge in [0, 0.05) is 33.7 Å². The molecule has 11 nitrogen and oxygen atoms in total. The number of thioether (sulfide) groups is 1. The minimum atomic E-state index is -1.23. The van der Waals surface area contributed by atoms with Gasteiger partial charge in [0.05, 0.1) is 21.8 Å². The minimum Gasteiger partial charge on any atom is -0.489 e. The summed E-state index contributed by atoms with van der Waals surface area (Å²) < 4.78 is 6.29. The van der Waals surface area contributed by atoms with Crippen molar-refractivity contribution in [1.29, 1.82) is 0 Å². The standard InChI is InChI=1S/C32H31N3O8S2/c1-14(2)10-20(31(38)39)34-29(36)24-18-12-19(25(24)30(34)37)26-23(18)22(27-28(44-26)33-32(40)45-27)17-11-16(35(41)42)8-9-21(17)43-13-15-6-4-3-5-7-15/h3-9,11,14,18-20,22-26H,10,12-13H2,1-2H3,(H,33,40)(H,38,39)/t18?,19?,20?,22-,23?,24?,25?,26?/m1/s1. The maximum atomic E-state index is 14.0. The summed E-state index contributed by atoms with van der Waals surface area (Å²) in [4.78, 5) is 68.8. The number of carboxylic acid groups (broad SMARTS) is 1. The minimum absolute atomic E-state index is 0.0395. The van der Waals surface area contributed by atoms with Crippen LogP contribution in [0.1, 0.15) is 48.6 Å². The van der Waals surface area contributed by atoms with Gasteiger partial charge in [-0.05, 0) is 48.1 Å². The molecule has 3 heterocycles. The van der Waals surface area contributed by atoms with Crippen LogP contribution in [-0.2, 0) is 21.0 Å². The van der Waals surface area contributed by atoms with Gasteiger partial charge in [0.2, 0.25) is 11.8 Å². The van der Waals surface area contributed by atoms with Crippen LogP contribution in [0.25, 0.3) is 0 Å². The number of nitrogens with zero attached hydrogens (tertiary/aromatic N) is 2. The van der Waals surface area contributed by atoms with Crippen molar-refractivity contribution in [2.24, 2.45) is 35.5 Å². The number of likely N-dealkylation sites (tertiary alicyclic amines) is 1. The smallest absolute Gasteiger partial charge is 0.326 e. The number of nitro groups is 1. The summed E-state index contributed by atoms with van der Waals surface area (Å²) in [7, 11) is 0. The zero-order valence-corrected chi connectivity index (χ0v) is 26.1. The fourth-order valence-electron chi connectivity index (χ4n) is 8.22. The molecule has 2 saturated carbocycles. The highest BCUT2D eigenvalue weighted by atomic mass is 32.2. The lowest BCUT2D eigenvalue weighted by Crippen LogP contribution is -2.47. The number of carbonyl (C=O) groups is 3. The first-order valence-electron chi connectivity index (χ1n) is 15.0. The summed E-state index contributed by atoms with van der Waals surface area (Å²) in [6, 6.07) is 12.8. The van der Waals surface area contributed by atoms with E-state index in [-0.39, 0.29) is 52.5 Å². The molecule has 2 aliphatic heterocycles. The van der Waals surface area contributed by atoms with Crippen molar-refractivity contribution in [3.05, 3.63) is 84.3 Å². The normalized spacial score (nSPS) is 28.6. The van der Waals surface area contributed by atoms with E-state index in [1.807, 2.05) is 44.2 Å². The van der Waals surface area contributed by atoms with Crippen LogP contribution in [0.15, 0.2) is 58.4 Å². The first kappa shape index (κ1) is 29.7. The van der Waals surface area contributed by atoms with Crippen LogP contribution in [0.2, 0.25) is 0 Å². The number of rotatable bonds is 9. The molecule has 0 spiro atoms. The zero-order chi connectivity index (χ0) is 31.7. The number of aliphatic carboxylic acids is 1. The first-order chi connectivity index (χ1) is 21.5. The summed E-state index contributed by atoms with van der Waals surface area (Å²) in [5.41, 5.74) is 1.36. The Balaban J connectivity index is 1.32. The molecule has 45 heavy (non-hydrogen) atoms. The molecule has 2 aliphatic carbocycles. The SMILES string of the molecule is CC(C)CC(C(=O)O)N1C(=O)C2C3CC(C2C1=O)C1C3Sc2[nH]c(=O)sc2[C@@H]1c1cc([N+](=O)[O-])ccc1OCc1ccccc1. The van der Waals surface area contributed by atoms with Gasteiger partial charge >= 0.3 is 10.8 Å². The van der Waals surface area contributed by atoms with Crippen LogP contribution in [-0.4, -0.2) is 49.0 Å². The number of non-ortho nitro benzene ring substituents is 1. The topological polar surface area (TPSA) is 160 Å². The fourth-order valence-corrected chi connectivity index (χ4v) is 11.1. The summed E-state index contributed by atoms with van der Waals surface area (Å²) in [5.74, 6) is -4.17. The maximum absolute atomic E-state index is 14.0. The lowest BCUT2D eigenvalue weighted by atomic mass is 9.68. The van der Waals surface area contributed by atoms with Gasteiger partial charge in [-0.2, -0.15) is 0 Å². The lowest BCUT2D eigenvalue weighted by molar-refractivity contribution is -0.385. The number of fused-ring (bicyclic) bond motifs is 9. The van der Waals surface area contributed by atoms with Gasteiger partial charge < -0.3 is 14.8 Å². The predicted molar refractivity (Wildman–Crippen MR) is 165 cm³/mol. The molecule has 0 radical (unpaired) electrons. The number of carbonyl (C=O) groups excluding carboxylic acids is 2. The first-order valence-corrected chi connectivity index (χ1v) is 16.7. The molecule has 4 aliphatic rings. The van der Waals surface area contributed by atoms with Gasteiger partial charge in [0.25, 0.3) is 5.69 Å². The van der Waals surface area contributed by atoms with Crippen molar-refractivity contribution in [1.82, 2.24) is 9.88 Å². The van der Waals surface area contributed by atoms with E-state index in [2.05, 4.69) is 4.98 Å². The molecule has 3 fully saturated rings. The van der Waals surface area contributed by atoms with E-state index in [0.717, 1.165) is 26.7 Å². The fraction of sp³-hybridized carbons (Fsp3) is 0.438. The van der Waals surface area contributed by atoms with Crippen LogP contribution in [0.3, 0.4) is 0 Å². The Labute approximate surface area is 266 Å². The number of ether oxygens (including phenoxy) is 1. The van der Waals surface area contributed by atoms with Crippen LogP contribution >= 0.6 is 23.1 Å². The van der Waals surface area contributed by atoms with E-state index in [1.54, 1.807) is 6.07 Å². The Morgan fingerprint density at radius 3 is 2.49 bits per heavy atom. The third kappa shape index (κ3) is 4.78. The number of aromatic amines is 1. The van der Waals surface area contributed by atoms with E-state index in [1.165, 1.54) is 23.9 Å². The third-order valence-corrected chi connectivity index (χ3v) is 12.4. The van der Waals surface area contributed by atoms with E-state index in [9.17, 15) is 34.4 Å². The molecular formula is C32H31N3O8S2. The molecule has 7 unspecified atom stereocenters. The monoisotopic (exact) mass is 649 g/mol. The number of hydrogen-bond acceptors (Lipinski definition) is 9. The predicted octanol–water partition coefficient (Wildman–Crippen LogP) is 4.90. The molecule has 8 atom stereocenters. The molecule has 2 amide bonds. The Kier molecular flexibility index (Phi) is 7.35. The van der Waals surface area contributed by atoms with E-state index >= 15 is 0 Å². The van der Waals surface area contributed by atoms with Crippen molar-refractivity contribution in [2.45, 2.75) is 55.5 Å². The van der Waals surface area contributed by atoms with Gasteiger partial charge in [-0.3, -0.25) is 29.4 Å². The van der Waals surface area contributed by atoms with Crippen molar-refractivity contribution in [3.8, 4) is 5.75 Å². The second kappa shape index (κ2) is 11.1. The van der Waals surface area contributed by atoms with Crippen LogP contribution in [0.5, 0.6) is 5.75 Å². The van der Waals surface area contributed by atoms with Gasteiger partial charge in [0.15, 0.2) is 0 Å². The van der Waals surface area contributed by atoms with Crippen molar-refractivity contribution in [2.75, 3.05) is 0 Å². The number of aromatic nitrogens is 1. The molecule has 2 aromatic carbocycles. The maximum Gasteiger partial charge on any atom is 0.326 e. The van der Waals surface area contributed by atoms with Crippen LogP contribution in [0.4, 0.5) is 5.69 Å². The Bertz CT molecular complexity index is 1770. The molecule has 1 aromatic heterocycles. The number of H-pyrrole nitrogens is 1. The Morgan fingerprint density at radius 1 is 1.11 bits per heavy atom. The quantitative estimate of drug-likeness (QED) is 0.187. The number of thiazole rings is 1. The number of benzene rings is 2. The Hall–Kier alpha value is -3.97. The van der Waals surface area contributed by atoms with Crippen molar-refractivity contribution >= 4 is 46.6 Å². The van der Waals surface area contributed by atoms with E-state index < -0.39 is 46.5 Å². The largest absolute Gasteiger partial charge is 0.489 e. The highest BCUT2D eigenvalue weighted by molar-refractivity contribution is 8.00. The molecule has 3 aromatic rings. The number of nitrogens with one attached hydrogen (secondary N) is 1. The zero-order valence-electron chi connectivity index (χ0n) is 24.5. The van der Waals surface area contributed by atoms with Crippen LogP contribution in [0, 0.1) is 45.6 Å². The highest BCUT2D eigenvalue weighted by Gasteiger charge is 2.70. The lowest BCUT2D eigenvalue weighted by Gasteiger charge is -2.43. The summed E-state index contributed by atoms with van der Waals surface area (Å²) >= 11 is 2.55. The number of imide groups is 1. The molecule has 1 saturated heterocycles. The number of carboxylic acids is 1. The second-order valence-electron chi connectivity index (χ2n) is 12.7. The average molecular weight is 650 g/mol. The molecule has 7 rings (SSSR count). The molecule has 2 N–H and O–H groups in total. The molecular weight excluding hydrogens is 618 g/mol. The number of nitro benzene ring substituents is 1. The number of hydrogen-bond donors (Lipinski definition) is 2. The van der Waals surface area contributed by atoms with Crippen molar-refractivity contribution < 1.29 is 29.2 Å². The van der Waals surface area contributed by atoms with Crippen molar-refractivity contribution in [3.63, 3.8) is 0 Å². The Morgan fingerprint density at radius 2 is 1.82 bits per heavy atom. The van der Waals surface area contributed by atoms with Crippen LogP contribution < -0.4 is 9.61 Å². The third-order valence-electron chi connectivity index (χ3n) is 9.83. The van der Waals surface area contributed by atoms with Gasteiger partial charge in [0.1, 0.15) is 18.4 Å². The van der Waals surface area contributed by atoms with Gasteiger partial charge in [-0.25, -0.2) is 4.79 Å². The van der Waals surface area contributed by atoms with E-state index in [0.29, 0.717) is 22.8 Å². The molecule has 13 heteroatoms. The number of amides is 2. The molecule has 234 valence electrons. The molecule has 2 bridgehead atoms. The summed E-state index contributed by atoms with van der Waals surface area (Å²) in [6.45, 7) is 3.94. The second-order valence-corrected chi connectivity index (χ2v) is 14.9. The van der Waals surface area contributed by atoms with Gasteiger partial charge in [-0.1, -0.05) is 55.5 Å². The summed E-state index contributed by atoms with van der Waals surface area (Å²) in [6.07, 6.45) is 0.774.